The third-order valence-corrected chi connectivity index (χ3v) is 4.24. The Morgan fingerprint density at radius 3 is 2.63 bits per heavy atom. The Morgan fingerprint density at radius 1 is 1.37 bits per heavy atom. The summed E-state index contributed by atoms with van der Waals surface area (Å²) in [5.74, 6) is 1.43. The molecule has 0 aliphatic heterocycles. The van der Waals surface area contributed by atoms with Gasteiger partial charge < -0.3 is 5.32 Å². The van der Waals surface area contributed by atoms with E-state index in [-0.39, 0.29) is 0 Å². The van der Waals surface area contributed by atoms with Gasteiger partial charge in [0.1, 0.15) is 0 Å². The first-order valence-electron chi connectivity index (χ1n) is 7.93. The van der Waals surface area contributed by atoms with E-state index in [0.29, 0.717) is 5.92 Å². The van der Waals surface area contributed by atoms with Crippen molar-refractivity contribution in [3.63, 3.8) is 0 Å². The van der Waals surface area contributed by atoms with Crippen molar-refractivity contribution in [1.29, 1.82) is 0 Å². The lowest BCUT2D eigenvalue weighted by atomic mass is 9.91. The molecule has 108 valence electrons. The van der Waals surface area contributed by atoms with Crippen LogP contribution < -0.4 is 5.32 Å². The molecule has 0 bridgehead atoms. The van der Waals surface area contributed by atoms with Crippen LogP contribution >= 0.6 is 0 Å². The van der Waals surface area contributed by atoms with E-state index in [2.05, 4.69) is 48.9 Å². The molecule has 1 saturated carbocycles. The van der Waals surface area contributed by atoms with E-state index in [1.54, 1.807) is 0 Å². The third kappa shape index (κ3) is 4.07. The van der Waals surface area contributed by atoms with Crippen molar-refractivity contribution in [1.82, 2.24) is 15.1 Å². The van der Waals surface area contributed by atoms with Gasteiger partial charge in [-0.2, -0.15) is 5.10 Å². The van der Waals surface area contributed by atoms with Crippen LogP contribution in [0, 0.1) is 11.8 Å². The second-order valence-electron chi connectivity index (χ2n) is 6.19. The normalized spacial score (nSPS) is 17.1. The topological polar surface area (TPSA) is 29.9 Å². The van der Waals surface area contributed by atoms with Crippen molar-refractivity contribution < 1.29 is 0 Å². The molecule has 1 aliphatic carbocycles. The number of nitrogens with zero attached hydrogens (tertiary/aromatic N) is 2. The van der Waals surface area contributed by atoms with Gasteiger partial charge in [0.2, 0.25) is 0 Å². The molecule has 1 unspecified atom stereocenters. The Kier molecular flexibility index (Phi) is 5.03. The number of rotatable bonds is 8. The van der Waals surface area contributed by atoms with E-state index in [9.17, 15) is 0 Å². The fraction of sp³-hybridized carbons (Fsp3) is 0.812. The maximum Gasteiger partial charge on any atom is 0.0624 e. The Morgan fingerprint density at radius 2 is 2.11 bits per heavy atom. The molecule has 1 aromatic rings. The second-order valence-corrected chi connectivity index (χ2v) is 6.19. The van der Waals surface area contributed by atoms with Crippen LogP contribution in [0.15, 0.2) is 6.07 Å². The molecular weight excluding hydrogens is 234 g/mol. The average Bonchev–Trinajstić information content (AvgIpc) is 3.13. The van der Waals surface area contributed by atoms with Gasteiger partial charge in [0, 0.05) is 18.3 Å². The highest BCUT2D eigenvalue weighted by Crippen LogP contribution is 2.22. The highest BCUT2D eigenvalue weighted by Gasteiger charge is 2.23. The summed E-state index contributed by atoms with van der Waals surface area (Å²) in [4.78, 5) is 0. The first kappa shape index (κ1) is 14.6. The van der Waals surface area contributed by atoms with Gasteiger partial charge in [-0.3, -0.25) is 4.68 Å². The van der Waals surface area contributed by atoms with E-state index in [1.807, 2.05) is 0 Å². The van der Waals surface area contributed by atoms with Crippen molar-refractivity contribution >= 4 is 0 Å². The SMILES string of the molecule is CCc1cc(CC(CNC2CC2)C(C)C)n(CC)n1. The highest BCUT2D eigenvalue weighted by atomic mass is 15.3. The van der Waals surface area contributed by atoms with E-state index in [1.165, 1.54) is 24.2 Å². The minimum atomic E-state index is 0.715. The molecule has 19 heavy (non-hydrogen) atoms. The van der Waals surface area contributed by atoms with Crippen LogP contribution in [0.25, 0.3) is 0 Å². The number of aromatic nitrogens is 2. The lowest BCUT2D eigenvalue weighted by Gasteiger charge is -2.21. The predicted molar refractivity (Wildman–Crippen MR) is 80.3 cm³/mol. The van der Waals surface area contributed by atoms with E-state index < -0.39 is 0 Å². The summed E-state index contributed by atoms with van der Waals surface area (Å²) in [6.07, 6.45) is 4.93. The van der Waals surface area contributed by atoms with Crippen LogP contribution in [0.4, 0.5) is 0 Å². The van der Waals surface area contributed by atoms with Gasteiger partial charge in [-0.15, -0.1) is 0 Å². The van der Waals surface area contributed by atoms with E-state index in [0.717, 1.165) is 37.9 Å². The Hall–Kier alpha value is -0.830. The molecule has 1 fully saturated rings. The van der Waals surface area contributed by atoms with Crippen LogP contribution in [0.2, 0.25) is 0 Å². The van der Waals surface area contributed by atoms with Gasteiger partial charge in [-0.25, -0.2) is 0 Å². The zero-order valence-electron chi connectivity index (χ0n) is 12.9. The Bertz CT molecular complexity index is 391. The highest BCUT2D eigenvalue weighted by molar-refractivity contribution is 5.11. The summed E-state index contributed by atoms with van der Waals surface area (Å²) < 4.78 is 2.19. The van der Waals surface area contributed by atoms with Gasteiger partial charge in [0.15, 0.2) is 0 Å². The lowest BCUT2D eigenvalue weighted by molar-refractivity contribution is 0.350. The van der Waals surface area contributed by atoms with E-state index >= 15 is 0 Å². The number of nitrogens with one attached hydrogen (secondary N) is 1. The third-order valence-electron chi connectivity index (χ3n) is 4.24. The standard InChI is InChI=1S/C16H29N3/c1-5-14-10-16(19(6-2)18-14)9-13(12(3)4)11-17-15-7-8-15/h10,12-13,15,17H,5-9,11H2,1-4H3. The molecule has 3 heteroatoms. The summed E-state index contributed by atoms with van der Waals surface area (Å²) in [6, 6.07) is 3.11. The molecule has 3 nitrogen and oxygen atoms in total. The van der Waals surface area contributed by atoms with Crippen LogP contribution in [0.1, 0.15) is 51.9 Å². The zero-order valence-corrected chi connectivity index (χ0v) is 12.9. The van der Waals surface area contributed by atoms with Gasteiger partial charge in [-0.05, 0) is 57.1 Å². The second kappa shape index (κ2) is 6.56. The predicted octanol–water partition coefficient (Wildman–Crippen LogP) is 3.03. The maximum absolute atomic E-state index is 4.66. The molecule has 0 aromatic carbocycles. The molecular formula is C16H29N3. The largest absolute Gasteiger partial charge is 0.314 e. The monoisotopic (exact) mass is 263 g/mol. The molecule has 1 aliphatic rings. The molecule has 1 aromatic heterocycles. The van der Waals surface area contributed by atoms with Gasteiger partial charge in [0.25, 0.3) is 0 Å². The first-order valence-corrected chi connectivity index (χ1v) is 7.93. The molecule has 0 radical (unpaired) electrons. The number of hydrogen-bond donors (Lipinski definition) is 1. The molecule has 0 amide bonds. The summed E-state index contributed by atoms with van der Waals surface area (Å²) >= 11 is 0. The van der Waals surface area contributed by atoms with Crippen LogP contribution in [-0.2, 0) is 19.4 Å². The molecule has 0 saturated heterocycles. The number of aryl methyl sites for hydroxylation is 2. The fourth-order valence-corrected chi connectivity index (χ4v) is 2.54. The van der Waals surface area contributed by atoms with E-state index in [4.69, 9.17) is 0 Å². The van der Waals surface area contributed by atoms with Gasteiger partial charge in [-0.1, -0.05) is 20.8 Å². The summed E-state index contributed by atoms with van der Waals surface area (Å²) in [7, 11) is 0. The summed E-state index contributed by atoms with van der Waals surface area (Å²) in [5, 5.41) is 8.35. The van der Waals surface area contributed by atoms with Gasteiger partial charge in [0.05, 0.1) is 5.69 Å². The summed E-state index contributed by atoms with van der Waals surface area (Å²) in [5.41, 5.74) is 2.64. The first-order chi connectivity index (χ1) is 9.13. The van der Waals surface area contributed by atoms with Crippen molar-refractivity contribution in [2.75, 3.05) is 6.54 Å². The van der Waals surface area contributed by atoms with Crippen LogP contribution in [-0.4, -0.2) is 22.4 Å². The Balaban J connectivity index is 1.99. The molecule has 1 atom stereocenters. The zero-order chi connectivity index (χ0) is 13.8. The molecule has 2 rings (SSSR count). The van der Waals surface area contributed by atoms with Crippen molar-refractivity contribution in [3.8, 4) is 0 Å². The molecule has 1 N–H and O–H groups in total. The average molecular weight is 263 g/mol. The Labute approximate surface area is 117 Å². The lowest BCUT2D eigenvalue weighted by Crippen LogP contribution is -2.29. The van der Waals surface area contributed by atoms with Crippen molar-refractivity contribution in [2.24, 2.45) is 11.8 Å². The summed E-state index contributed by atoms with van der Waals surface area (Å²) in [6.45, 7) is 11.2. The fourth-order valence-electron chi connectivity index (χ4n) is 2.54. The minimum Gasteiger partial charge on any atom is -0.314 e. The van der Waals surface area contributed by atoms with Crippen molar-refractivity contribution in [3.05, 3.63) is 17.5 Å². The quantitative estimate of drug-likeness (QED) is 0.781. The molecule has 1 heterocycles. The minimum absolute atomic E-state index is 0.715. The number of hydrogen-bond acceptors (Lipinski definition) is 2. The van der Waals surface area contributed by atoms with Crippen molar-refractivity contribution in [2.45, 2.75) is 66.0 Å². The van der Waals surface area contributed by atoms with Gasteiger partial charge >= 0.3 is 0 Å². The smallest absolute Gasteiger partial charge is 0.0624 e. The molecule has 0 spiro atoms. The maximum atomic E-state index is 4.66. The van der Waals surface area contributed by atoms with Crippen LogP contribution in [0.5, 0.6) is 0 Å². The van der Waals surface area contributed by atoms with Crippen LogP contribution in [0.3, 0.4) is 0 Å².